The van der Waals surface area contributed by atoms with Crippen LogP contribution in [0.2, 0.25) is 0 Å². The van der Waals surface area contributed by atoms with Crippen LogP contribution < -0.4 is 9.64 Å². The molecule has 3 rings (SSSR count). The fourth-order valence-corrected chi connectivity index (χ4v) is 3.68. The minimum Gasteiger partial charge on any atom is -0.497 e. The first-order chi connectivity index (χ1) is 14.1. The van der Waals surface area contributed by atoms with Gasteiger partial charge >= 0.3 is 5.97 Å². The molecule has 0 atom stereocenters. The molecule has 0 saturated carbocycles. The first-order valence-corrected chi connectivity index (χ1v) is 9.82. The van der Waals surface area contributed by atoms with Crippen LogP contribution in [0.5, 0.6) is 5.75 Å². The molecule has 5 nitrogen and oxygen atoms in total. The molecule has 1 heterocycles. The zero-order valence-electron chi connectivity index (χ0n) is 15.5. The van der Waals surface area contributed by atoms with E-state index in [0.717, 1.165) is 0 Å². The number of esters is 1. The van der Waals surface area contributed by atoms with E-state index in [0.29, 0.717) is 26.2 Å². The smallest absolute Gasteiger partial charge is 0.342 e. The molecule has 0 bridgehead atoms. The highest BCUT2D eigenvalue weighted by molar-refractivity contribution is 8.27. The Balaban J connectivity index is 1.58. The van der Waals surface area contributed by atoms with Gasteiger partial charge in [-0.1, -0.05) is 54.3 Å². The summed E-state index contributed by atoms with van der Waals surface area (Å²) in [7, 11) is 1.58. The van der Waals surface area contributed by atoms with Gasteiger partial charge < -0.3 is 9.47 Å². The summed E-state index contributed by atoms with van der Waals surface area (Å²) in [5.74, 6) is 0.0855. The number of amides is 1. The molecule has 1 fully saturated rings. The number of hydrogen-bond acceptors (Lipinski definition) is 6. The number of hydrogen-bond donors (Lipinski definition) is 0. The lowest BCUT2D eigenvalue weighted by Gasteiger charge is -2.14. The van der Waals surface area contributed by atoms with Crippen molar-refractivity contribution in [1.29, 1.82) is 0 Å². The first kappa shape index (κ1) is 20.6. The normalized spacial score (nSPS) is 15.6. The van der Waals surface area contributed by atoms with Crippen molar-refractivity contribution in [2.24, 2.45) is 0 Å². The Morgan fingerprint density at radius 3 is 2.45 bits per heavy atom. The number of thiocarbonyl (C=S) groups is 1. The van der Waals surface area contributed by atoms with Gasteiger partial charge in [-0.3, -0.25) is 9.69 Å². The Hall–Kier alpha value is -3.16. The summed E-state index contributed by atoms with van der Waals surface area (Å²) in [6.45, 7) is 0. The third-order valence-electron chi connectivity index (χ3n) is 3.86. The molecule has 1 aliphatic rings. The molecule has 7 heteroatoms. The molecule has 0 aliphatic carbocycles. The van der Waals surface area contributed by atoms with Crippen LogP contribution in [-0.4, -0.2) is 23.3 Å². The molecule has 2 aromatic rings. The average molecular weight is 424 g/mol. The summed E-state index contributed by atoms with van der Waals surface area (Å²) >= 11 is 6.56. The third-order valence-corrected chi connectivity index (χ3v) is 5.18. The van der Waals surface area contributed by atoms with Crippen LogP contribution in [0, 0.1) is 0 Å². The molecule has 0 N–H and O–H groups in total. The van der Waals surface area contributed by atoms with E-state index in [1.165, 1.54) is 22.9 Å². The van der Waals surface area contributed by atoms with E-state index < -0.39 is 5.97 Å². The van der Waals surface area contributed by atoms with E-state index in [1.54, 1.807) is 79.9 Å². The minimum atomic E-state index is -0.435. The number of benzene rings is 2. The van der Waals surface area contributed by atoms with Gasteiger partial charge in [0.05, 0.1) is 29.5 Å². The molecule has 1 aliphatic heterocycles. The summed E-state index contributed by atoms with van der Waals surface area (Å²) in [6.07, 6.45) is 7.89. The van der Waals surface area contributed by atoms with Gasteiger partial charge in [0.2, 0.25) is 0 Å². The zero-order chi connectivity index (χ0) is 20.6. The number of methoxy groups -OCH3 is 1. The third kappa shape index (κ3) is 5.22. The molecule has 1 amide bonds. The maximum Gasteiger partial charge on any atom is 0.342 e. The van der Waals surface area contributed by atoms with Crippen LogP contribution in [0.4, 0.5) is 5.69 Å². The maximum atomic E-state index is 12.6. The lowest BCUT2D eigenvalue weighted by atomic mass is 10.2. The molecule has 0 radical (unpaired) electrons. The van der Waals surface area contributed by atoms with Gasteiger partial charge in [0.1, 0.15) is 5.75 Å². The van der Waals surface area contributed by atoms with Gasteiger partial charge in [-0.05, 0) is 48.6 Å². The lowest BCUT2D eigenvalue weighted by Crippen LogP contribution is -2.27. The summed E-state index contributed by atoms with van der Waals surface area (Å²) in [5, 5.41) is 0. The van der Waals surface area contributed by atoms with Crippen LogP contribution in [0.25, 0.3) is 0 Å². The van der Waals surface area contributed by atoms with Gasteiger partial charge in [-0.2, -0.15) is 0 Å². The molecule has 0 spiro atoms. The van der Waals surface area contributed by atoms with Gasteiger partial charge in [-0.15, -0.1) is 0 Å². The highest BCUT2D eigenvalue weighted by atomic mass is 32.2. The number of carbonyl (C=O) groups is 2. The molecule has 0 aromatic heterocycles. The predicted octanol–water partition coefficient (Wildman–Crippen LogP) is 4.87. The van der Waals surface area contributed by atoms with E-state index >= 15 is 0 Å². The van der Waals surface area contributed by atoms with E-state index in [4.69, 9.17) is 21.7 Å². The van der Waals surface area contributed by atoms with Gasteiger partial charge in [0, 0.05) is 0 Å². The molecule has 1 saturated heterocycles. The van der Waals surface area contributed by atoms with Crippen LogP contribution >= 0.6 is 24.0 Å². The van der Waals surface area contributed by atoms with Crippen molar-refractivity contribution in [2.45, 2.75) is 0 Å². The second kappa shape index (κ2) is 9.86. The van der Waals surface area contributed by atoms with Gasteiger partial charge in [-0.25, -0.2) is 4.79 Å². The van der Waals surface area contributed by atoms with E-state index in [-0.39, 0.29) is 5.91 Å². The fourth-order valence-electron chi connectivity index (χ4n) is 2.43. The number of rotatable bonds is 6. The number of anilines is 1. The molecule has 2 aromatic carbocycles. The number of thioether (sulfide) groups is 1. The molecular formula is C22H17NO4S2. The SMILES string of the molecule is COc1ccc(N2C(=O)/C(=C/C=C/C=C/OC(=O)c3ccccc3)SC2=S)cc1. The number of allylic oxidation sites excluding steroid dienone is 4. The standard InChI is InChI=1S/C22H17NO4S2/c1-26-18-13-11-17(12-14-18)23-20(24)19(29-22(23)28)10-6-3-7-15-27-21(25)16-8-4-2-5-9-16/h2-15H,1H3/b6-3+,15-7+,19-10-. The van der Waals surface area contributed by atoms with Crippen molar-refractivity contribution in [3.05, 3.63) is 95.6 Å². The monoisotopic (exact) mass is 423 g/mol. The first-order valence-electron chi connectivity index (χ1n) is 8.60. The summed E-state index contributed by atoms with van der Waals surface area (Å²) in [6, 6.07) is 15.8. The second-order valence-corrected chi connectivity index (χ2v) is 7.40. The van der Waals surface area contributed by atoms with Crippen LogP contribution in [0.3, 0.4) is 0 Å². The highest BCUT2D eigenvalue weighted by Gasteiger charge is 2.32. The summed E-state index contributed by atoms with van der Waals surface area (Å²) < 4.78 is 10.6. The summed E-state index contributed by atoms with van der Waals surface area (Å²) in [4.78, 5) is 26.4. The van der Waals surface area contributed by atoms with Crippen LogP contribution in [-0.2, 0) is 9.53 Å². The predicted molar refractivity (Wildman–Crippen MR) is 119 cm³/mol. The summed E-state index contributed by atoms with van der Waals surface area (Å²) in [5.41, 5.74) is 1.16. The molecule has 146 valence electrons. The van der Waals surface area contributed by atoms with E-state index in [2.05, 4.69) is 0 Å². The highest BCUT2D eigenvalue weighted by Crippen LogP contribution is 2.35. The number of carbonyl (C=O) groups excluding carboxylic acids is 2. The van der Waals surface area contributed by atoms with Crippen molar-refractivity contribution >= 4 is 45.9 Å². The largest absolute Gasteiger partial charge is 0.497 e. The Kier molecular flexibility index (Phi) is 6.99. The van der Waals surface area contributed by atoms with Crippen LogP contribution in [0.1, 0.15) is 10.4 Å². The average Bonchev–Trinajstić information content (AvgIpc) is 3.04. The lowest BCUT2D eigenvalue weighted by molar-refractivity contribution is -0.113. The second-order valence-electron chi connectivity index (χ2n) is 5.72. The Morgan fingerprint density at radius 1 is 1.03 bits per heavy atom. The van der Waals surface area contributed by atoms with Crippen molar-refractivity contribution in [3.8, 4) is 5.75 Å². The Bertz CT molecular complexity index is 995. The quantitative estimate of drug-likeness (QED) is 0.217. The van der Waals surface area contributed by atoms with Crippen LogP contribution in [0.15, 0.2) is 90.1 Å². The van der Waals surface area contributed by atoms with E-state index in [9.17, 15) is 9.59 Å². The van der Waals surface area contributed by atoms with Crippen molar-refractivity contribution < 1.29 is 19.1 Å². The number of nitrogens with zero attached hydrogens (tertiary/aromatic N) is 1. The Labute approximate surface area is 178 Å². The van der Waals surface area contributed by atoms with Crippen molar-refractivity contribution in [2.75, 3.05) is 12.0 Å². The van der Waals surface area contributed by atoms with E-state index in [1.807, 2.05) is 6.07 Å². The maximum absolute atomic E-state index is 12.6. The Morgan fingerprint density at radius 2 is 1.76 bits per heavy atom. The number of ether oxygens (including phenoxy) is 2. The fraction of sp³-hybridized carbons (Fsp3) is 0.0455. The zero-order valence-corrected chi connectivity index (χ0v) is 17.1. The molecule has 29 heavy (non-hydrogen) atoms. The van der Waals surface area contributed by atoms with Crippen molar-refractivity contribution in [3.63, 3.8) is 0 Å². The topological polar surface area (TPSA) is 55.8 Å². The molecular weight excluding hydrogens is 406 g/mol. The molecule has 0 unspecified atom stereocenters. The van der Waals surface area contributed by atoms with Gasteiger partial charge in [0.15, 0.2) is 4.32 Å². The minimum absolute atomic E-state index is 0.186. The van der Waals surface area contributed by atoms with Gasteiger partial charge in [0.25, 0.3) is 5.91 Å². The van der Waals surface area contributed by atoms with Crippen molar-refractivity contribution in [1.82, 2.24) is 0 Å².